The van der Waals surface area contributed by atoms with Crippen molar-refractivity contribution in [1.29, 1.82) is 0 Å². The molecule has 2 aromatic rings. The van der Waals surface area contributed by atoms with Crippen LogP contribution in [0.25, 0.3) is 0 Å². The van der Waals surface area contributed by atoms with Gasteiger partial charge in [-0.25, -0.2) is 0 Å². The summed E-state index contributed by atoms with van der Waals surface area (Å²) in [6.45, 7) is 1.82. The fraction of sp³-hybridized carbons (Fsp3) is 0.400. The predicted molar refractivity (Wildman–Crippen MR) is 100 cm³/mol. The molecule has 0 amide bonds. The first-order valence-electron chi connectivity index (χ1n) is 8.51. The summed E-state index contributed by atoms with van der Waals surface area (Å²) in [6, 6.07) is 21.7. The fourth-order valence-electron chi connectivity index (χ4n) is 3.29. The first kappa shape index (κ1) is 16.7. The minimum absolute atomic E-state index is 0.0180. The van der Waals surface area contributed by atoms with Crippen LogP contribution in [0.3, 0.4) is 0 Å². The van der Waals surface area contributed by atoms with Crippen molar-refractivity contribution in [3.8, 4) is 0 Å². The molecule has 0 radical (unpaired) electrons. The molecule has 23 heavy (non-hydrogen) atoms. The molecular weight excluding hydrogens is 348 g/mol. The largest absolute Gasteiger partial charge is 0.307 e. The van der Waals surface area contributed by atoms with E-state index in [2.05, 4.69) is 87.2 Å². The first-order chi connectivity index (χ1) is 11.3. The number of halogens is 1. The third-order valence-corrected chi connectivity index (χ3v) is 5.89. The van der Waals surface area contributed by atoms with Gasteiger partial charge in [0.05, 0.1) is 4.45 Å². The van der Waals surface area contributed by atoms with Gasteiger partial charge in [-0.15, -0.1) is 0 Å². The van der Waals surface area contributed by atoms with Gasteiger partial charge in [0.25, 0.3) is 0 Å². The number of rotatable bonds is 6. The zero-order valence-corrected chi connectivity index (χ0v) is 15.1. The molecule has 2 nitrogen and oxygen atoms in total. The van der Waals surface area contributed by atoms with Crippen molar-refractivity contribution in [2.24, 2.45) is 0 Å². The van der Waals surface area contributed by atoms with E-state index in [9.17, 15) is 0 Å². The Labute approximate surface area is 147 Å². The van der Waals surface area contributed by atoms with Gasteiger partial charge in [0.15, 0.2) is 0 Å². The quantitative estimate of drug-likeness (QED) is 0.571. The van der Waals surface area contributed by atoms with E-state index in [1.54, 1.807) is 0 Å². The van der Waals surface area contributed by atoms with E-state index in [1.165, 1.54) is 30.4 Å². The Hall–Kier alpha value is -1.16. The van der Waals surface area contributed by atoms with Crippen LogP contribution in [0.15, 0.2) is 60.7 Å². The number of hydrogen-bond acceptors (Lipinski definition) is 2. The maximum absolute atomic E-state index is 4.02. The molecule has 122 valence electrons. The number of hydrogen-bond donors (Lipinski definition) is 2. The van der Waals surface area contributed by atoms with E-state index in [0.717, 1.165) is 19.5 Å². The van der Waals surface area contributed by atoms with E-state index in [4.69, 9.17) is 0 Å². The molecule has 1 aliphatic rings. The van der Waals surface area contributed by atoms with E-state index < -0.39 is 0 Å². The Morgan fingerprint density at radius 3 is 2.13 bits per heavy atom. The van der Waals surface area contributed by atoms with Crippen molar-refractivity contribution in [3.05, 3.63) is 71.8 Å². The van der Waals surface area contributed by atoms with Gasteiger partial charge in [0.1, 0.15) is 0 Å². The summed E-state index contributed by atoms with van der Waals surface area (Å²) in [5.41, 5.74) is 2.68. The molecular formula is C20H25BrN2. The molecule has 1 aliphatic carbocycles. The molecule has 0 saturated heterocycles. The maximum Gasteiger partial charge on any atom is 0.0899 e. The first-order valence-corrected chi connectivity index (χ1v) is 9.31. The summed E-state index contributed by atoms with van der Waals surface area (Å²) >= 11 is 4.02. The lowest BCUT2D eigenvalue weighted by Gasteiger charge is -2.41. The highest BCUT2D eigenvalue weighted by Gasteiger charge is 2.37. The molecule has 0 heterocycles. The minimum Gasteiger partial charge on any atom is -0.307 e. The van der Waals surface area contributed by atoms with E-state index in [1.807, 2.05) is 0 Å². The molecule has 3 rings (SSSR count). The third kappa shape index (κ3) is 4.66. The second kappa shape index (κ2) is 8.09. The van der Waals surface area contributed by atoms with Crippen LogP contribution in [-0.4, -0.2) is 10.5 Å². The summed E-state index contributed by atoms with van der Waals surface area (Å²) < 4.78 is -0.0180. The van der Waals surface area contributed by atoms with Crippen molar-refractivity contribution >= 4 is 15.9 Å². The average molecular weight is 373 g/mol. The van der Waals surface area contributed by atoms with Gasteiger partial charge in [-0.2, -0.15) is 0 Å². The minimum atomic E-state index is -0.0180. The van der Waals surface area contributed by atoms with Crippen LogP contribution in [0.4, 0.5) is 0 Å². The molecule has 3 heteroatoms. The van der Waals surface area contributed by atoms with E-state index in [-0.39, 0.29) is 4.45 Å². The average Bonchev–Trinajstić information content (AvgIpc) is 2.61. The smallest absolute Gasteiger partial charge is 0.0899 e. The Bertz CT molecular complexity index is 587. The predicted octanol–water partition coefficient (Wildman–Crippen LogP) is 4.60. The Kier molecular flexibility index (Phi) is 5.87. The monoisotopic (exact) mass is 372 g/mol. The summed E-state index contributed by atoms with van der Waals surface area (Å²) in [5.74, 6) is 0. The second-order valence-corrected chi connectivity index (χ2v) is 7.78. The molecule has 2 aromatic carbocycles. The second-order valence-electron chi connectivity index (χ2n) is 6.37. The third-order valence-electron chi connectivity index (χ3n) is 4.66. The van der Waals surface area contributed by atoms with Gasteiger partial charge in [0, 0.05) is 19.1 Å². The van der Waals surface area contributed by atoms with E-state index >= 15 is 0 Å². The summed E-state index contributed by atoms with van der Waals surface area (Å²) in [4.78, 5) is 0. The van der Waals surface area contributed by atoms with Crippen LogP contribution < -0.4 is 10.6 Å². The highest BCUT2D eigenvalue weighted by atomic mass is 79.9. The summed E-state index contributed by atoms with van der Waals surface area (Å²) in [6.07, 6.45) is 4.94. The van der Waals surface area contributed by atoms with Crippen molar-refractivity contribution in [2.45, 2.75) is 49.3 Å². The van der Waals surface area contributed by atoms with Crippen LogP contribution in [0.1, 0.15) is 36.8 Å². The van der Waals surface area contributed by atoms with Gasteiger partial charge >= 0.3 is 0 Å². The van der Waals surface area contributed by atoms with Crippen LogP contribution in [-0.2, 0) is 13.1 Å². The lowest BCUT2D eigenvalue weighted by Crippen LogP contribution is -2.56. The van der Waals surface area contributed by atoms with E-state index in [0.29, 0.717) is 6.04 Å². The maximum atomic E-state index is 4.02. The molecule has 1 saturated carbocycles. The summed E-state index contributed by atoms with van der Waals surface area (Å²) in [5, 5.41) is 7.51. The molecule has 0 aliphatic heterocycles. The van der Waals surface area contributed by atoms with Crippen LogP contribution in [0.2, 0.25) is 0 Å². The number of alkyl halides is 1. The lowest BCUT2D eigenvalue weighted by atomic mass is 9.89. The Morgan fingerprint density at radius 1 is 0.870 bits per heavy atom. The van der Waals surface area contributed by atoms with Crippen molar-refractivity contribution in [2.75, 3.05) is 0 Å². The van der Waals surface area contributed by atoms with Crippen molar-refractivity contribution < 1.29 is 0 Å². The van der Waals surface area contributed by atoms with Crippen LogP contribution >= 0.6 is 15.9 Å². The Balaban J connectivity index is 1.60. The van der Waals surface area contributed by atoms with Gasteiger partial charge in [-0.1, -0.05) is 89.4 Å². The van der Waals surface area contributed by atoms with Gasteiger partial charge in [-0.05, 0) is 24.0 Å². The van der Waals surface area contributed by atoms with Gasteiger partial charge in [-0.3, -0.25) is 5.32 Å². The number of nitrogens with one attached hydrogen (secondary N) is 2. The van der Waals surface area contributed by atoms with Crippen molar-refractivity contribution in [3.63, 3.8) is 0 Å². The zero-order chi connectivity index (χ0) is 16.0. The molecule has 0 spiro atoms. The van der Waals surface area contributed by atoms with Gasteiger partial charge < -0.3 is 5.32 Å². The van der Waals surface area contributed by atoms with Crippen molar-refractivity contribution in [1.82, 2.24) is 10.6 Å². The highest BCUT2D eigenvalue weighted by Crippen LogP contribution is 2.34. The van der Waals surface area contributed by atoms with Crippen LogP contribution in [0, 0.1) is 0 Å². The number of benzene rings is 2. The molecule has 0 aromatic heterocycles. The van der Waals surface area contributed by atoms with Gasteiger partial charge in [0.2, 0.25) is 0 Å². The molecule has 0 bridgehead atoms. The zero-order valence-electron chi connectivity index (χ0n) is 13.5. The van der Waals surface area contributed by atoms with Crippen LogP contribution in [0.5, 0.6) is 0 Å². The lowest BCUT2D eigenvalue weighted by molar-refractivity contribution is 0.258. The highest BCUT2D eigenvalue weighted by molar-refractivity contribution is 9.10. The molecule has 1 fully saturated rings. The Morgan fingerprint density at radius 2 is 1.48 bits per heavy atom. The standard InChI is InChI=1S/C20H25BrN2/c21-20(23-16-18-11-5-2-6-12-18)14-8-7-13-19(20)22-15-17-9-3-1-4-10-17/h1-6,9-12,19,22-23H,7-8,13-16H2. The summed E-state index contributed by atoms with van der Waals surface area (Å²) in [7, 11) is 0. The normalized spacial score (nSPS) is 24.5. The molecule has 2 unspecified atom stereocenters. The fourth-order valence-corrected chi connectivity index (χ4v) is 4.10. The SMILES string of the molecule is BrC1(NCc2ccccc2)CCCCC1NCc1ccccc1. The molecule has 2 N–H and O–H groups in total. The molecule has 2 atom stereocenters. The topological polar surface area (TPSA) is 24.1 Å².